The first-order valence-electron chi connectivity index (χ1n) is 5.10. The molecule has 90 valence electrons. The van der Waals surface area contributed by atoms with Crippen LogP contribution in [0.2, 0.25) is 0 Å². The van der Waals surface area contributed by atoms with Crippen LogP contribution in [0, 0.1) is 0 Å². The first-order chi connectivity index (χ1) is 6.99. The lowest BCUT2D eigenvalue weighted by molar-refractivity contribution is -0.124. The number of nitrogens with zero attached hydrogens (tertiary/aromatic N) is 1. The van der Waals surface area contributed by atoms with Gasteiger partial charge in [-0.2, -0.15) is 13.2 Å². The fourth-order valence-electron chi connectivity index (χ4n) is 1.26. The van der Waals surface area contributed by atoms with Gasteiger partial charge in [-0.25, -0.2) is 0 Å². The fourth-order valence-corrected chi connectivity index (χ4v) is 1.26. The molecule has 0 aromatic heterocycles. The van der Waals surface area contributed by atoms with Gasteiger partial charge in [0.15, 0.2) is 0 Å². The van der Waals surface area contributed by atoms with E-state index in [1.807, 2.05) is 6.92 Å². The zero-order chi connectivity index (χ0) is 11.7. The van der Waals surface area contributed by atoms with Gasteiger partial charge in [-0.05, 0) is 13.0 Å². The van der Waals surface area contributed by atoms with Crippen molar-refractivity contribution < 1.29 is 13.2 Å². The monoisotopic (exact) mass is 224 g/mol. The number of alkyl halides is 3. The highest BCUT2D eigenvalue weighted by Gasteiger charge is 2.25. The summed E-state index contributed by atoms with van der Waals surface area (Å²) in [5, 5.41) is 2.37. The summed E-state index contributed by atoms with van der Waals surface area (Å²) in [7, 11) is 0. The van der Waals surface area contributed by atoms with Gasteiger partial charge in [0.2, 0.25) is 0 Å². The Morgan fingerprint density at radius 1 is 1.33 bits per heavy atom. The van der Waals surface area contributed by atoms with Gasteiger partial charge in [0.25, 0.3) is 0 Å². The lowest BCUT2D eigenvalue weighted by Crippen LogP contribution is -2.36. The molecule has 0 aliphatic heterocycles. The van der Waals surface area contributed by atoms with Crippen LogP contribution in [0.4, 0.5) is 13.2 Å². The van der Waals surface area contributed by atoms with Crippen LogP contribution < -0.4 is 5.32 Å². The van der Waals surface area contributed by atoms with Gasteiger partial charge >= 0.3 is 6.18 Å². The van der Waals surface area contributed by atoms with Gasteiger partial charge in [0.1, 0.15) is 0 Å². The predicted molar refractivity (Wildman–Crippen MR) is 55.9 cm³/mol. The van der Waals surface area contributed by atoms with Crippen molar-refractivity contribution in [2.45, 2.75) is 19.5 Å². The zero-order valence-corrected chi connectivity index (χ0v) is 9.11. The second kappa shape index (κ2) is 7.70. The molecule has 0 aromatic rings. The summed E-state index contributed by atoms with van der Waals surface area (Å²) < 4.78 is 35.4. The summed E-state index contributed by atoms with van der Waals surface area (Å²) in [4.78, 5) is 2.07. The Morgan fingerprint density at radius 2 is 2.00 bits per heavy atom. The third-order valence-electron chi connectivity index (χ3n) is 1.86. The van der Waals surface area contributed by atoms with Crippen LogP contribution in [0.3, 0.4) is 0 Å². The summed E-state index contributed by atoms with van der Waals surface area (Å²) >= 11 is 0. The van der Waals surface area contributed by atoms with E-state index in [-0.39, 0.29) is 0 Å². The molecule has 0 fully saturated rings. The molecule has 0 spiro atoms. The third-order valence-corrected chi connectivity index (χ3v) is 1.86. The lowest BCUT2D eigenvalue weighted by atomic mass is 10.4. The number of rotatable bonds is 8. The molecule has 0 saturated carbocycles. The quantitative estimate of drug-likeness (QED) is 0.501. The summed E-state index contributed by atoms with van der Waals surface area (Å²) in [6.45, 7) is 7.32. The van der Waals surface area contributed by atoms with Crippen LogP contribution >= 0.6 is 0 Å². The van der Waals surface area contributed by atoms with Gasteiger partial charge in [0.05, 0.1) is 6.54 Å². The van der Waals surface area contributed by atoms with Crippen molar-refractivity contribution in [3.8, 4) is 0 Å². The molecule has 0 atom stereocenters. The van der Waals surface area contributed by atoms with E-state index < -0.39 is 12.7 Å². The minimum atomic E-state index is -4.12. The molecule has 0 aromatic carbocycles. The average Bonchev–Trinajstić information content (AvgIpc) is 2.11. The first-order valence-corrected chi connectivity index (χ1v) is 5.10. The van der Waals surface area contributed by atoms with Crippen molar-refractivity contribution in [2.75, 3.05) is 32.7 Å². The van der Waals surface area contributed by atoms with Crippen molar-refractivity contribution in [2.24, 2.45) is 0 Å². The Bertz CT molecular complexity index is 169. The predicted octanol–water partition coefficient (Wildman–Crippen LogP) is 2.04. The van der Waals surface area contributed by atoms with Crippen LogP contribution in [0.15, 0.2) is 12.7 Å². The molecule has 15 heavy (non-hydrogen) atoms. The van der Waals surface area contributed by atoms with E-state index in [0.29, 0.717) is 13.1 Å². The smallest absolute Gasteiger partial charge is 0.307 e. The van der Waals surface area contributed by atoms with E-state index in [1.54, 1.807) is 6.08 Å². The largest absolute Gasteiger partial charge is 0.401 e. The van der Waals surface area contributed by atoms with E-state index in [9.17, 15) is 13.2 Å². The first kappa shape index (κ1) is 14.5. The minimum absolute atomic E-state index is 0.355. The van der Waals surface area contributed by atoms with Crippen LogP contribution in [-0.4, -0.2) is 43.8 Å². The van der Waals surface area contributed by atoms with Crippen LogP contribution in [-0.2, 0) is 0 Å². The van der Waals surface area contributed by atoms with Gasteiger partial charge in [0, 0.05) is 19.6 Å². The van der Waals surface area contributed by atoms with Gasteiger partial charge in [-0.15, -0.1) is 6.58 Å². The van der Waals surface area contributed by atoms with Gasteiger partial charge < -0.3 is 5.32 Å². The van der Waals surface area contributed by atoms with Gasteiger partial charge in [-0.3, -0.25) is 4.90 Å². The van der Waals surface area contributed by atoms with Crippen LogP contribution in [0.1, 0.15) is 13.3 Å². The molecule has 0 saturated heterocycles. The summed E-state index contributed by atoms with van der Waals surface area (Å²) in [6.07, 6.45) is -1.36. The SMILES string of the molecule is C=CCN(CCC)CCNCC(F)(F)F. The minimum Gasteiger partial charge on any atom is -0.307 e. The second-order valence-corrected chi connectivity index (χ2v) is 3.38. The van der Waals surface area contributed by atoms with Crippen molar-refractivity contribution in [3.05, 3.63) is 12.7 Å². The second-order valence-electron chi connectivity index (χ2n) is 3.38. The number of nitrogens with one attached hydrogen (secondary N) is 1. The molecule has 0 heterocycles. The summed E-state index contributed by atoms with van der Waals surface area (Å²) in [5.74, 6) is 0. The topological polar surface area (TPSA) is 15.3 Å². The molecule has 0 aliphatic carbocycles. The molecule has 0 bridgehead atoms. The maximum atomic E-state index is 11.8. The third kappa shape index (κ3) is 9.75. The lowest BCUT2D eigenvalue weighted by Gasteiger charge is -2.20. The number of halogens is 3. The Kier molecular flexibility index (Phi) is 7.42. The summed E-state index contributed by atoms with van der Waals surface area (Å²) in [6, 6.07) is 0. The normalized spacial score (nSPS) is 12.1. The molecule has 0 radical (unpaired) electrons. The summed E-state index contributed by atoms with van der Waals surface area (Å²) in [5.41, 5.74) is 0. The number of hydrogen-bond donors (Lipinski definition) is 1. The van der Waals surface area contributed by atoms with Crippen molar-refractivity contribution >= 4 is 0 Å². The molecule has 5 heteroatoms. The molecule has 0 rings (SSSR count). The Labute approximate surface area is 89.1 Å². The maximum Gasteiger partial charge on any atom is 0.401 e. The fraction of sp³-hybridized carbons (Fsp3) is 0.800. The van der Waals surface area contributed by atoms with E-state index in [4.69, 9.17) is 0 Å². The number of hydrogen-bond acceptors (Lipinski definition) is 2. The van der Waals surface area contributed by atoms with Crippen LogP contribution in [0.25, 0.3) is 0 Å². The highest BCUT2D eigenvalue weighted by Crippen LogP contribution is 2.11. The van der Waals surface area contributed by atoms with E-state index >= 15 is 0 Å². The van der Waals surface area contributed by atoms with E-state index in [0.717, 1.165) is 19.5 Å². The zero-order valence-electron chi connectivity index (χ0n) is 9.11. The maximum absolute atomic E-state index is 11.8. The van der Waals surface area contributed by atoms with Crippen molar-refractivity contribution in [3.63, 3.8) is 0 Å². The molecule has 0 aliphatic rings. The van der Waals surface area contributed by atoms with Crippen LogP contribution in [0.5, 0.6) is 0 Å². The highest BCUT2D eigenvalue weighted by molar-refractivity contribution is 4.73. The average molecular weight is 224 g/mol. The Balaban J connectivity index is 3.57. The molecule has 0 unspecified atom stereocenters. The van der Waals surface area contributed by atoms with E-state index in [2.05, 4.69) is 16.8 Å². The van der Waals surface area contributed by atoms with Gasteiger partial charge in [-0.1, -0.05) is 13.0 Å². The molecule has 1 N–H and O–H groups in total. The molecular formula is C10H19F3N2. The molecule has 2 nitrogen and oxygen atoms in total. The van der Waals surface area contributed by atoms with Crippen molar-refractivity contribution in [1.29, 1.82) is 0 Å². The van der Waals surface area contributed by atoms with Crippen molar-refractivity contribution in [1.82, 2.24) is 10.2 Å². The highest BCUT2D eigenvalue weighted by atomic mass is 19.4. The Morgan fingerprint density at radius 3 is 2.47 bits per heavy atom. The van der Waals surface area contributed by atoms with E-state index in [1.165, 1.54) is 0 Å². The standard InChI is InChI=1S/C10H19F3N2/c1-3-6-15(7-4-2)8-5-14-9-10(11,12)13/h3,14H,1,4-9H2,2H3. The molecular weight excluding hydrogens is 205 g/mol. The Hall–Kier alpha value is -0.550. The molecule has 0 amide bonds.